The van der Waals surface area contributed by atoms with Crippen molar-refractivity contribution in [3.8, 4) is 0 Å². The van der Waals surface area contributed by atoms with Crippen LogP contribution in [0.2, 0.25) is 0 Å². The summed E-state index contributed by atoms with van der Waals surface area (Å²) >= 11 is 4.64. The molecule has 0 fully saturated rings. The smallest absolute Gasteiger partial charge is 0.371 e. The van der Waals surface area contributed by atoms with Crippen LogP contribution in [-0.2, 0) is 0 Å². The summed E-state index contributed by atoms with van der Waals surface area (Å²) in [6.07, 6.45) is 0. The molecule has 0 aliphatic carbocycles. The first-order valence-corrected chi connectivity index (χ1v) is 6.03. The molecule has 0 atom stereocenters. The van der Waals surface area contributed by atoms with Gasteiger partial charge in [-0.05, 0) is 28.1 Å². The Kier molecular flexibility index (Phi) is 3.36. The molecule has 5 heteroatoms. The Morgan fingerprint density at radius 1 is 1.31 bits per heavy atom. The van der Waals surface area contributed by atoms with Crippen molar-refractivity contribution in [2.75, 3.05) is 0 Å². The van der Waals surface area contributed by atoms with Gasteiger partial charge in [0, 0.05) is 11.0 Å². The van der Waals surface area contributed by atoms with Crippen molar-refractivity contribution in [3.63, 3.8) is 0 Å². The third-order valence-electron chi connectivity index (χ3n) is 1.82. The highest BCUT2D eigenvalue weighted by molar-refractivity contribution is 9.10. The molecule has 0 spiro atoms. The standard InChI is InChI=1S/C11H7BrO3S/c12-8-6-9(10(13)14)15-11(8)16-7-4-2-1-3-5-7/h1-6H,(H,13,14). The van der Waals surface area contributed by atoms with Crippen LogP contribution in [0.5, 0.6) is 0 Å². The number of carbonyl (C=O) groups is 1. The average Bonchev–Trinajstić information content (AvgIpc) is 2.62. The number of furan rings is 1. The molecule has 0 saturated carbocycles. The summed E-state index contributed by atoms with van der Waals surface area (Å²) in [5, 5.41) is 9.31. The van der Waals surface area contributed by atoms with Crippen molar-refractivity contribution in [1.29, 1.82) is 0 Å². The fraction of sp³-hybridized carbons (Fsp3) is 0. The van der Waals surface area contributed by atoms with Gasteiger partial charge in [-0.2, -0.15) is 0 Å². The minimum atomic E-state index is -1.07. The minimum Gasteiger partial charge on any atom is -0.475 e. The fourth-order valence-corrected chi connectivity index (χ4v) is 2.45. The van der Waals surface area contributed by atoms with Gasteiger partial charge in [-0.1, -0.05) is 30.0 Å². The first-order chi connectivity index (χ1) is 7.66. The Morgan fingerprint density at radius 2 is 2.00 bits per heavy atom. The maximum Gasteiger partial charge on any atom is 0.371 e. The summed E-state index contributed by atoms with van der Waals surface area (Å²) in [5.41, 5.74) is 0. The number of benzene rings is 1. The quantitative estimate of drug-likeness (QED) is 0.934. The van der Waals surface area contributed by atoms with E-state index >= 15 is 0 Å². The van der Waals surface area contributed by atoms with E-state index in [2.05, 4.69) is 15.9 Å². The number of carboxylic acid groups (broad SMARTS) is 1. The number of halogens is 1. The summed E-state index contributed by atoms with van der Waals surface area (Å²) in [4.78, 5) is 11.7. The number of aromatic carboxylic acids is 1. The monoisotopic (exact) mass is 298 g/mol. The van der Waals surface area contributed by atoms with Gasteiger partial charge in [0.2, 0.25) is 5.76 Å². The Morgan fingerprint density at radius 3 is 2.56 bits per heavy atom. The van der Waals surface area contributed by atoms with Gasteiger partial charge >= 0.3 is 5.97 Å². The van der Waals surface area contributed by atoms with Gasteiger partial charge in [-0.25, -0.2) is 4.79 Å². The van der Waals surface area contributed by atoms with E-state index < -0.39 is 5.97 Å². The van der Waals surface area contributed by atoms with E-state index in [1.165, 1.54) is 17.8 Å². The predicted octanol–water partition coefficient (Wildman–Crippen LogP) is 3.89. The van der Waals surface area contributed by atoms with Crippen molar-refractivity contribution in [1.82, 2.24) is 0 Å². The van der Waals surface area contributed by atoms with Crippen molar-refractivity contribution in [2.24, 2.45) is 0 Å². The van der Waals surface area contributed by atoms with Crippen LogP contribution >= 0.6 is 27.7 Å². The van der Waals surface area contributed by atoms with E-state index in [0.29, 0.717) is 9.56 Å². The lowest BCUT2D eigenvalue weighted by atomic mass is 10.4. The zero-order chi connectivity index (χ0) is 11.5. The summed E-state index contributed by atoms with van der Waals surface area (Å²) < 4.78 is 5.85. The summed E-state index contributed by atoms with van der Waals surface area (Å²) in [6, 6.07) is 11.1. The second-order valence-corrected chi connectivity index (χ2v) is 4.87. The van der Waals surface area contributed by atoms with Crippen LogP contribution in [0.1, 0.15) is 10.6 Å². The molecule has 0 amide bonds. The predicted molar refractivity (Wildman–Crippen MR) is 63.9 cm³/mol. The lowest BCUT2D eigenvalue weighted by molar-refractivity contribution is 0.0656. The van der Waals surface area contributed by atoms with Crippen molar-refractivity contribution in [2.45, 2.75) is 9.99 Å². The van der Waals surface area contributed by atoms with Gasteiger partial charge in [-0.15, -0.1) is 0 Å². The molecule has 0 unspecified atom stereocenters. The van der Waals surface area contributed by atoms with Crippen molar-refractivity contribution in [3.05, 3.63) is 46.6 Å². The molecule has 0 aliphatic heterocycles. The van der Waals surface area contributed by atoms with E-state index in [4.69, 9.17) is 9.52 Å². The van der Waals surface area contributed by atoms with Crippen LogP contribution in [-0.4, -0.2) is 11.1 Å². The first-order valence-electron chi connectivity index (χ1n) is 4.42. The lowest BCUT2D eigenvalue weighted by Crippen LogP contribution is -1.91. The SMILES string of the molecule is O=C(O)c1cc(Br)c(Sc2ccccc2)o1. The van der Waals surface area contributed by atoms with E-state index in [0.717, 1.165) is 4.90 Å². The lowest BCUT2D eigenvalue weighted by Gasteiger charge is -1.97. The molecule has 0 saturated heterocycles. The summed E-state index contributed by atoms with van der Waals surface area (Å²) in [6.45, 7) is 0. The molecule has 0 bridgehead atoms. The molecule has 1 aromatic carbocycles. The van der Waals surface area contributed by atoms with Crippen LogP contribution in [0.3, 0.4) is 0 Å². The molecule has 82 valence electrons. The zero-order valence-corrected chi connectivity index (χ0v) is 10.4. The van der Waals surface area contributed by atoms with E-state index in [1.807, 2.05) is 30.3 Å². The Hall–Kier alpha value is -1.20. The highest BCUT2D eigenvalue weighted by Crippen LogP contribution is 2.35. The fourth-order valence-electron chi connectivity index (χ4n) is 1.12. The molecular weight excluding hydrogens is 292 g/mol. The number of hydrogen-bond acceptors (Lipinski definition) is 3. The molecule has 3 nitrogen and oxygen atoms in total. The molecule has 1 heterocycles. The first kappa shape index (κ1) is 11.3. The van der Waals surface area contributed by atoms with Crippen molar-refractivity contribution >= 4 is 33.7 Å². The van der Waals surface area contributed by atoms with Crippen LogP contribution in [0, 0.1) is 0 Å². The second-order valence-electron chi connectivity index (χ2n) is 2.97. The number of hydrogen-bond donors (Lipinski definition) is 1. The van der Waals surface area contributed by atoms with Crippen LogP contribution in [0.15, 0.2) is 55.3 Å². The molecule has 2 rings (SSSR count). The molecule has 16 heavy (non-hydrogen) atoms. The molecular formula is C11H7BrO3S. The average molecular weight is 299 g/mol. The Balaban J connectivity index is 2.25. The molecule has 1 N–H and O–H groups in total. The van der Waals surface area contributed by atoms with E-state index in [9.17, 15) is 4.79 Å². The zero-order valence-electron chi connectivity index (χ0n) is 8.01. The topological polar surface area (TPSA) is 50.4 Å². The maximum absolute atomic E-state index is 10.7. The third-order valence-corrected chi connectivity index (χ3v) is 3.67. The largest absolute Gasteiger partial charge is 0.475 e. The van der Waals surface area contributed by atoms with Gasteiger partial charge in [0.05, 0.1) is 4.47 Å². The van der Waals surface area contributed by atoms with Gasteiger partial charge < -0.3 is 9.52 Å². The van der Waals surface area contributed by atoms with E-state index in [-0.39, 0.29) is 5.76 Å². The summed E-state index contributed by atoms with van der Waals surface area (Å²) in [7, 11) is 0. The highest BCUT2D eigenvalue weighted by atomic mass is 79.9. The second kappa shape index (κ2) is 4.76. The summed E-state index contributed by atoms with van der Waals surface area (Å²) in [5.74, 6) is -1.13. The molecule has 1 aromatic heterocycles. The van der Waals surface area contributed by atoms with Gasteiger partial charge in [0.25, 0.3) is 0 Å². The van der Waals surface area contributed by atoms with E-state index in [1.54, 1.807) is 0 Å². The van der Waals surface area contributed by atoms with Gasteiger partial charge in [0.1, 0.15) is 0 Å². The van der Waals surface area contributed by atoms with Gasteiger partial charge in [-0.3, -0.25) is 0 Å². The Bertz CT molecular complexity index is 507. The normalized spacial score (nSPS) is 10.3. The molecule has 0 aliphatic rings. The van der Waals surface area contributed by atoms with Crippen LogP contribution in [0.4, 0.5) is 0 Å². The minimum absolute atomic E-state index is 0.0645. The highest BCUT2D eigenvalue weighted by Gasteiger charge is 2.14. The molecule has 2 aromatic rings. The number of carboxylic acids is 1. The van der Waals surface area contributed by atoms with Crippen LogP contribution in [0.25, 0.3) is 0 Å². The van der Waals surface area contributed by atoms with Crippen molar-refractivity contribution < 1.29 is 14.3 Å². The third kappa shape index (κ3) is 2.48. The van der Waals surface area contributed by atoms with Crippen LogP contribution < -0.4 is 0 Å². The number of rotatable bonds is 3. The van der Waals surface area contributed by atoms with Gasteiger partial charge in [0.15, 0.2) is 5.09 Å². The maximum atomic E-state index is 10.7. The molecule has 0 radical (unpaired) electrons. The Labute approximate surface area is 105 Å².